The first-order valence-corrected chi connectivity index (χ1v) is 10.2. The van der Waals surface area contributed by atoms with Gasteiger partial charge in [-0.15, -0.1) is 0 Å². The maximum absolute atomic E-state index is 6.36. The Kier molecular flexibility index (Phi) is 8.28. The predicted octanol–water partition coefficient (Wildman–Crippen LogP) is 3.42. The van der Waals surface area contributed by atoms with Crippen LogP contribution in [0.15, 0.2) is 72.8 Å². The second-order valence-electron chi connectivity index (χ2n) is 7.06. The number of rotatable bonds is 11. The van der Waals surface area contributed by atoms with E-state index in [1.54, 1.807) is 39.9 Å². The second kappa shape index (κ2) is 11.6. The third-order valence-corrected chi connectivity index (χ3v) is 4.72. The Bertz CT molecular complexity index is 946. The van der Waals surface area contributed by atoms with Crippen molar-refractivity contribution in [2.75, 3.05) is 33.2 Å². The molecular weight excluding hydrogens is 406 g/mol. The van der Waals surface area contributed by atoms with Gasteiger partial charge in [0.1, 0.15) is 0 Å². The van der Waals surface area contributed by atoms with Crippen molar-refractivity contribution in [2.45, 2.75) is 13.1 Å². The molecule has 0 atom stereocenters. The van der Waals surface area contributed by atoms with Crippen LogP contribution in [0.5, 0.6) is 17.2 Å². The fourth-order valence-corrected chi connectivity index (χ4v) is 3.25. The van der Waals surface area contributed by atoms with Gasteiger partial charge in [-0.25, -0.2) is 0 Å². The van der Waals surface area contributed by atoms with E-state index >= 15 is 0 Å². The standard InChI is InChI=1S/C24H29N5O3/c1-30-22-12-21(13-23(31-2)24(22)32-3)28-14-18(25)15-29(16-19-8-4-6-10-26-19)17-20-9-5-7-11-27-20/h4-14,28H,15-17,25H2,1-3H3/b18-14-. The number of nitrogens with one attached hydrogen (secondary N) is 1. The van der Waals surface area contributed by atoms with Crippen molar-refractivity contribution in [2.24, 2.45) is 5.73 Å². The Hall–Kier alpha value is -3.78. The highest BCUT2D eigenvalue weighted by Gasteiger charge is 2.13. The molecular formula is C24H29N5O3. The molecule has 0 aliphatic heterocycles. The molecule has 0 bridgehead atoms. The van der Waals surface area contributed by atoms with Crippen LogP contribution in [0.3, 0.4) is 0 Å². The molecule has 0 saturated carbocycles. The van der Waals surface area contributed by atoms with Gasteiger partial charge in [-0.2, -0.15) is 0 Å². The summed E-state index contributed by atoms with van der Waals surface area (Å²) in [5.41, 5.74) is 9.71. The van der Waals surface area contributed by atoms with E-state index < -0.39 is 0 Å². The summed E-state index contributed by atoms with van der Waals surface area (Å²) in [7, 11) is 4.74. The summed E-state index contributed by atoms with van der Waals surface area (Å²) in [4.78, 5) is 11.1. The first-order chi connectivity index (χ1) is 15.6. The van der Waals surface area contributed by atoms with Gasteiger partial charge in [0.2, 0.25) is 5.75 Å². The number of benzene rings is 1. The van der Waals surface area contributed by atoms with E-state index in [9.17, 15) is 0 Å². The fourth-order valence-electron chi connectivity index (χ4n) is 3.25. The van der Waals surface area contributed by atoms with Crippen LogP contribution in [0.2, 0.25) is 0 Å². The molecule has 0 saturated heterocycles. The lowest BCUT2D eigenvalue weighted by molar-refractivity contribution is 0.272. The molecule has 2 heterocycles. The molecule has 3 aromatic rings. The van der Waals surface area contributed by atoms with Crippen molar-refractivity contribution >= 4 is 5.69 Å². The van der Waals surface area contributed by atoms with Crippen LogP contribution >= 0.6 is 0 Å². The fraction of sp³-hybridized carbons (Fsp3) is 0.250. The summed E-state index contributed by atoms with van der Waals surface area (Å²) in [5, 5.41) is 3.22. The van der Waals surface area contributed by atoms with Gasteiger partial charge >= 0.3 is 0 Å². The van der Waals surface area contributed by atoms with E-state index in [0.717, 1.165) is 17.1 Å². The van der Waals surface area contributed by atoms with E-state index in [1.807, 2.05) is 48.5 Å². The summed E-state index contributed by atoms with van der Waals surface area (Å²) in [6, 6.07) is 15.4. The highest BCUT2D eigenvalue weighted by molar-refractivity contribution is 5.63. The Labute approximate surface area is 188 Å². The van der Waals surface area contributed by atoms with Crippen LogP contribution in [-0.4, -0.2) is 42.7 Å². The van der Waals surface area contributed by atoms with Gasteiger partial charge in [-0.1, -0.05) is 12.1 Å². The highest BCUT2D eigenvalue weighted by Crippen LogP contribution is 2.39. The monoisotopic (exact) mass is 435 g/mol. The quantitative estimate of drug-likeness (QED) is 0.473. The maximum atomic E-state index is 6.36. The number of ether oxygens (including phenoxy) is 3. The summed E-state index contributed by atoms with van der Waals surface area (Å²) in [5.74, 6) is 1.66. The number of nitrogens with zero attached hydrogens (tertiary/aromatic N) is 3. The molecule has 0 spiro atoms. The highest BCUT2D eigenvalue weighted by atomic mass is 16.5. The number of hydrogen-bond donors (Lipinski definition) is 2. The zero-order valence-corrected chi connectivity index (χ0v) is 18.6. The maximum Gasteiger partial charge on any atom is 0.203 e. The van der Waals surface area contributed by atoms with Crippen molar-refractivity contribution in [3.8, 4) is 17.2 Å². The van der Waals surface area contributed by atoms with E-state index in [0.29, 0.717) is 42.6 Å². The van der Waals surface area contributed by atoms with Crippen molar-refractivity contribution in [1.82, 2.24) is 14.9 Å². The van der Waals surface area contributed by atoms with E-state index in [2.05, 4.69) is 20.2 Å². The molecule has 0 aliphatic carbocycles. The molecule has 8 nitrogen and oxygen atoms in total. The number of pyridine rings is 2. The summed E-state index contributed by atoms with van der Waals surface area (Å²) < 4.78 is 16.2. The van der Waals surface area contributed by atoms with Crippen LogP contribution < -0.4 is 25.3 Å². The Morgan fingerprint density at radius 3 is 1.91 bits per heavy atom. The summed E-state index contributed by atoms with van der Waals surface area (Å²) >= 11 is 0. The normalized spacial score (nSPS) is 11.3. The minimum absolute atomic E-state index is 0.532. The number of anilines is 1. The van der Waals surface area contributed by atoms with Gasteiger partial charge in [-0.3, -0.25) is 14.9 Å². The topological polar surface area (TPSA) is 94.8 Å². The number of aromatic nitrogens is 2. The van der Waals surface area contributed by atoms with Crippen molar-refractivity contribution in [3.63, 3.8) is 0 Å². The molecule has 0 radical (unpaired) electrons. The van der Waals surface area contributed by atoms with Crippen molar-refractivity contribution in [1.29, 1.82) is 0 Å². The minimum Gasteiger partial charge on any atom is -0.493 e. The lowest BCUT2D eigenvalue weighted by Crippen LogP contribution is -2.28. The van der Waals surface area contributed by atoms with Gasteiger partial charge in [0.15, 0.2) is 11.5 Å². The third-order valence-electron chi connectivity index (χ3n) is 4.72. The largest absolute Gasteiger partial charge is 0.493 e. The van der Waals surface area contributed by atoms with Crippen LogP contribution in [-0.2, 0) is 13.1 Å². The second-order valence-corrected chi connectivity index (χ2v) is 7.06. The molecule has 32 heavy (non-hydrogen) atoms. The van der Waals surface area contributed by atoms with Crippen LogP contribution in [0, 0.1) is 0 Å². The number of hydrogen-bond acceptors (Lipinski definition) is 8. The molecule has 1 aromatic carbocycles. The average Bonchev–Trinajstić information content (AvgIpc) is 2.83. The van der Waals surface area contributed by atoms with Crippen LogP contribution in [0.1, 0.15) is 11.4 Å². The van der Waals surface area contributed by atoms with Crippen molar-refractivity contribution in [3.05, 3.63) is 84.2 Å². The lowest BCUT2D eigenvalue weighted by Gasteiger charge is -2.22. The minimum atomic E-state index is 0.532. The van der Waals surface area contributed by atoms with Crippen molar-refractivity contribution < 1.29 is 14.2 Å². The molecule has 0 amide bonds. The van der Waals surface area contributed by atoms with E-state index in [1.165, 1.54) is 0 Å². The number of nitrogens with two attached hydrogens (primary N) is 1. The lowest BCUT2D eigenvalue weighted by atomic mass is 10.2. The molecule has 2 aromatic heterocycles. The van der Waals surface area contributed by atoms with Gasteiger partial charge in [-0.05, 0) is 24.3 Å². The smallest absolute Gasteiger partial charge is 0.203 e. The van der Waals surface area contributed by atoms with Crippen LogP contribution in [0.4, 0.5) is 5.69 Å². The Morgan fingerprint density at radius 1 is 0.906 bits per heavy atom. The van der Waals surface area contributed by atoms with Gasteiger partial charge in [0.05, 0.1) is 32.7 Å². The molecule has 3 N–H and O–H groups in total. The van der Waals surface area contributed by atoms with Gasteiger partial charge in [0.25, 0.3) is 0 Å². The zero-order valence-electron chi connectivity index (χ0n) is 18.6. The molecule has 0 unspecified atom stereocenters. The van der Waals surface area contributed by atoms with Gasteiger partial charge < -0.3 is 25.3 Å². The Balaban J connectivity index is 1.74. The zero-order chi connectivity index (χ0) is 22.8. The van der Waals surface area contributed by atoms with E-state index in [4.69, 9.17) is 19.9 Å². The summed E-state index contributed by atoms with van der Waals surface area (Å²) in [6.07, 6.45) is 5.35. The first kappa shape index (κ1) is 22.9. The Morgan fingerprint density at radius 2 is 1.47 bits per heavy atom. The summed E-state index contributed by atoms with van der Waals surface area (Å²) in [6.45, 7) is 1.83. The SMILES string of the molecule is COc1cc(N/C=C(\N)CN(Cc2ccccn2)Cc2ccccn2)cc(OC)c1OC. The molecule has 8 heteroatoms. The predicted molar refractivity (Wildman–Crippen MR) is 125 cm³/mol. The molecule has 0 aliphatic rings. The number of methoxy groups -OCH3 is 3. The first-order valence-electron chi connectivity index (χ1n) is 10.2. The molecule has 0 fully saturated rings. The molecule has 168 valence electrons. The van der Waals surface area contributed by atoms with Crippen LogP contribution in [0.25, 0.3) is 0 Å². The third kappa shape index (κ3) is 6.36. The molecule has 3 rings (SSSR count). The van der Waals surface area contributed by atoms with Gasteiger partial charge in [0, 0.05) is 61.7 Å². The van der Waals surface area contributed by atoms with E-state index in [-0.39, 0.29) is 0 Å². The average molecular weight is 436 g/mol.